The maximum absolute atomic E-state index is 12.1. The fourth-order valence-electron chi connectivity index (χ4n) is 1.78. The molecule has 6 heteroatoms. The fraction of sp³-hybridized carbons (Fsp3) is 0.154. The molecule has 0 amide bonds. The minimum Gasteiger partial charge on any atom is -0.398 e. The Kier molecular flexibility index (Phi) is 3.82. The van der Waals surface area contributed by atoms with Gasteiger partial charge in [0.05, 0.1) is 0 Å². The van der Waals surface area contributed by atoms with Crippen molar-refractivity contribution in [1.82, 2.24) is 9.71 Å². The number of aromatic nitrogens is 1. The van der Waals surface area contributed by atoms with E-state index in [4.69, 9.17) is 5.73 Å². The zero-order valence-electron chi connectivity index (χ0n) is 10.4. The lowest BCUT2D eigenvalue weighted by atomic mass is 10.1. The zero-order valence-corrected chi connectivity index (χ0v) is 11.3. The van der Waals surface area contributed by atoms with Crippen LogP contribution in [-0.4, -0.2) is 13.4 Å². The van der Waals surface area contributed by atoms with Gasteiger partial charge in [-0.25, -0.2) is 13.1 Å². The zero-order chi connectivity index (χ0) is 13.9. The highest BCUT2D eigenvalue weighted by molar-refractivity contribution is 7.89. The molecule has 0 fully saturated rings. The van der Waals surface area contributed by atoms with Gasteiger partial charge in [-0.3, -0.25) is 4.98 Å². The Morgan fingerprint density at radius 2 is 1.95 bits per heavy atom. The number of benzene rings is 1. The first-order valence-electron chi connectivity index (χ1n) is 5.77. The second kappa shape index (κ2) is 5.38. The average molecular weight is 277 g/mol. The monoisotopic (exact) mass is 277 g/mol. The van der Waals surface area contributed by atoms with E-state index < -0.39 is 16.1 Å². The van der Waals surface area contributed by atoms with E-state index in [0.717, 1.165) is 5.56 Å². The number of anilines is 1. The molecule has 0 radical (unpaired) electrons. The van der Waals surface area contributed by atoms with Crippen molar-refractivity contribution in [1.29, 1.82) is 0 Å². The van der Waals surface area contributed by atoms with Crippen LogP contribution in [0, 0.1) is 0 Å². The molecule has 1 atom stereocenters. The smallest absolute Gasteiger partial charge is 0.242 e. The van der Waals surface area contributed by atoms with Gasteiger partial charge in [-0.15, -0.1) is 0 Å². The average Bonchev–Trinajstić information content (AvgIpc) is 2.39. The fourth-order valence-corrected chi connectivity index (χ4v) is 2.96. The summed E-state index contributed by atoms with van der Waals surface area (Å²) in [4.78, 5) is 3.94. The Hall–Kier alpha value is -1.92. The van der Waals surface area contributed by atoms with Crippen molar-refractivity contribution in [3.63, 3.8) is 0 Å². The summed E-state index contributed by atoms with van der Waals surface area (Å²) in [6, 6.07) is 9.83. The van der Waals surface area contributed by atoms with Crippen LogP contribution in [0.1, 0.15) is 18.5 Å². The molecule has 0 aliphatic rings. The Balaban J connectivity index is 2.24. The van der Waals surface area contributed by atoms with Crippen LogP contribution in [0.2, 0.25) is 0 Å². The van der Waals surface area contributed by atoms with Crippen molar-refractivity contribution in [3.05, 3.63) is 54.4 Å². The quantitative estimate of drug-likeness (QED) is 0.833. The molecule has 1 heterocycles. The first kappa shape index (κ1) is 13.5. The summed E-state index contributed by atoms with van der Waals surface area (Å²) in [6.07, 6.45) is 2.83. The highest BCUT2D eigenvalue weighted by Gasteiger charge is 2.19. The third-order valence-electron chi connectivity index (χ3n) is 2.74. The van der Waals surface area contributed by atoms with E-state index in [0.29, 0.717) is 5.69 Å². The van der Waals surface area contributed by atoms with Crippen LogP contribution >= 0.6 is 0 Å². The molecule has 0 bridgehead atoms. The minimum absolute atomic E-state index is 0.136. The second-order valence-electron chi connectivity index (χ2n) is 4.16. The lowest BCUT2D eigenvalue weighted by Gasteiger charge is -2.16. The molecule has 5 nitrogen and oxygen atoms in total. The normalized spacial score (nSPS) is 13.1. The van der Waals surface area contributed by atoms with E-state index in [9.17, 15) is 8.42 Å². The molecule has 0 aliphatic heterocycles. The van der Waals surface area contributed by atoms with E-state index in [-0.39, 0.29) is 4.90 Å². The maximum atomic E-state index is 12.1. The van der Waals surface area contributed by atoms with Crippen LogP contribution in [0.25, 0.3) is 0 Å². The molecule has 1 unspecified atom stereocenters. The minimum atomic E-state index is -3.59. The molecule has 100 valence electrons. The van der Waals surface area contributed by atoms with Gasteiger partial charge in [-0.2, -0.15) is 0 Å². The highest BCUT2D eigenvalue weighted by Crippen LogP contribution is 2.21. The number of nitrogens with zero attached hydrogens (tertiary/aromatic N) is 1. The van der Waals surface area contributed by atoms with Crippen LogP contribution in [-0.2, 0) is 10.0 Å². The molecule has 3 N–H and O–H groups in total. The summed E-state index contributed by atoms with van der Waals surface area (Å²) in [5.74, 6) is 0. The van der Waals surface area contributed by atoms with Gasteiger partial charge < -0.3 is 5.73 Å². The highest BCUT2D eigenvalue weighted by atomic mass is 32.2. The number of hydrogen-bond donors (Lipinski definition) is 2. The SMILES string of the molecule is CC(NS(=O)(=O)c1cccnc1)c1ccccc1N. The molecule has 1 aromatic carbocycles. The molecule has 0 aliphatic carbocycles. The van der Waals surface area contributed by atoms with Gasteiger partial charge in [0.2, 0.25) is 10.0 Å². The van der Waals surface area contributed by atoms with E-state index >= 15 is 0 Å². The van der Waals surface area contributed by atoms with E-state index in [1.807, 2.05) is 6.07 Å². The number of hydrogen-bond acceptors (Lipinski definition) is 4. The van der Waals surface area contributed by atoms with Crippen molar-refractivity contribution in [2.24, 2.45) is 0 Å². The lowest BCUT2D eigenvalue weighted by molar-refractivity contribution is 0.567. The summed E-state index contributed by atoms with van der Waals surface area (Å²) < 4.78 is 26.9. The Morgan fingerprint density at radius 1 is 1.21 bits per heavy atom. The third-order valence-corrected chi connectivity index (χ3v) is 4.27. The van der Waals surface area contributed by atoms with Crippen molar-refractivity contribution in [2.45, 2.75) is 17.9 Å². The van der Waals surface area contributed by atoms with Crippen molar-refractivity contribution >= 4 is 15.7 Å². The Bertz CT molecular complexity index is 657. The van der Waals surface area contributed by atoms with Crippen molar-refractivity contribution in [3.8, 4) is 0 Å². The molecular formula is C13H15N3O2S. The topological polar surface area (TPSA) is 85.1 Å². The maximum Gasteiger partial charge on any atom is 0.242 e. The summed E-state index contributed by atoms with van der Waals surface area (Å²) in [6.45, 7) is 1.75. The van der Waals surface area contributed by atoms with Crippen LogP contribution < -0.4 is 10.5 Å². The van der Waals surface area contributed by atoms with E-state index in [1.54, 1.807) is 31.2 Å². The summed E-state index contributed by atoms with van der Waals surface area (Å²) >= 11 is 0. The standard InChI is InChI=1S/C13H15N3O2S/c1-10(12-6-2-3-7-13(12)14)16-19(17,18)11-5-4-8-15-9-11/h2-10,16H,14H2,1H3. The first-order valence-corrected chi connectivity index (χ1v) is 7.26. The van der Waals surface area contributed by atoms with E-state index in [1.165, 1.54) is 18.5 Å². The molecule has 0 saturated carbocycles. The third kappa shape index (κ3) is 3.10. The predicted molar refractivity (Wildman–Crippen MR) is 73.8 cm³/mol. The summed E-state index contributed by atoms with van der Waals surface area (Å²) in [5.41, 5.74) is 7.14. The molecular weight excluding hydrogens is 262 g/mol. The van der Waals surface area contributed by atoms with Gasteiger partial charge in [0.15, 0.2) is 0 Å². The van der Waals surface area contributed by atoms with Crippen molar-refractivity contribution in [2.75, 3.05) is 5.73 Å². The van der Waals surface area contributed by atoms with E-state index in [2.05, 4.69) is 9.71 Å². The molecule has 0 saturated heterocycles. The largest absolute Gasteiger partial charge is 0.398 e. The Morgan fingerprint density at radius 3 is 2.58 bits per heavy atom. The van der Waals surface area contributed by atoms with Gasteiger partial charge in [-0.1, -0.05) is 18.2 Å². The summed E-state index contributed by atoms with van der Waals surface area (Å²) in [7, 11) is -3.59. The van der Waals surface area contributed by atoms with Gasteiger partial charge in [-0.05, 0) is 30.7 Å². The van der Waals surface area contributed by atoms with Crippen LogP contribution in [0.4, 0.5) is 5.69 Å². The molecule has 19 heavy (non-hydrogen) atoms. The number of nitrogen functional groups attached to an aromatic ring is 1. The second-order valence-corrected chi connectivity index (χ2v) is 5.87. The van der Waals surface area contributed by atoms with Gasteiger partial charge >= 0.3 is 0 Å². The van der Waals surface area contributed by atoms with Crippen LogP contribution in [0.5, 0.6) is 0 Å². The van der Waals surface area contributed by atoms with Gasteiger partial charge in [0.25, 0.3) is 0 Å². The number of rotatable bonds is 4. The van der Waals surface area contributed by atoms with Crippen molar-refractivity contribution < 1.29 is 8.42 Å². The first-order chi connectivity index (χ1) is 9.00. The number of nitrogens with two attached hydrogens (primary N) is 1. The molecule has 0 spiro atoms. The van der Waals surface area contributed by atoms with Gasteiger partial charge in [0.1, 0.15) is 4.90 Å². The predicted octanol–water partition coefficient (Wildman–Crippen LogP) is 1.70. The van der Waals surface area contributed by atoms with Crippen LogP contribution in [0.15, 0.2) is 53.7 Å². The summed E-state index contributed by atoms with van der Waals surface area (Å²) in [5, 5.41) is 0. The molecule has 1 aromatic heterocycles. The Labute approximate surface area is 112 Å². The number of pyridine rings is 1. The molecule has 2 rings (SSSR count). The van der Waals surface area contributed by atoms with Crippen LogP contribution in [0.3, 0.4) is 0 Å². The number of sulfonamides is 1. The lowest BCUT2D eigenvalue weighted by Crippen LogP contribution is -2.27. The van der Waals surface area contributed by atoms with Gasteiger partial charge in [0, 0.05) is 24.1 Å². The number of para-hydroxylation sites is 1. The molecule has 2 aromatic rings. The number of nitrogens with one attached hydrogen (secondary N) is 1.